The lowest BCUT2D eigenvalue weighted by Gasteiger charge is -2.33. The lowest BCUT2D eigenvalue weighted by molar-refractivity contribution is -0.129. The molecule has 0 saturated heterocycles. The van der Waals surface area contributed by atoms with Gasteiger partial charge in [0.1, 0.15) is 41.4 Å². The lowest BCUT2D eigenvalue weighted by atomic mass is 9.96. The second-order valence-electron chi connectivity index (χ2n) is 10.2. The molecule has 1 aliphatic heterocycles. The maximum atomic E-state index is 15.9. The Kier molecular flexibility index (Phi) is 7.90. The second kappa shape index (κ2) is 11.9. The maximum Gasteiger partial charge on any atom is 0.246 e. The molecule has 4 aromatic heterocycles. The third kappa shape index (κ3) is 5.21. The molecule has 5 aromatic rings. The van der Waals surface area contributed by atoms with Gasteiger partial charge in [-0.25, -0.2) is 13.8 Å². The molecule has 9 nitrogen and oxygen atoms in total. The molecule has 0 fully saturated rings. The molecular weight excluding hydrogens is 586 g/mol. The molecule has 1 aliphatic rings. The quantitative estimate of drug-likeness (QED) is 0.157. The van der Waals surface area contributed by atoms with Crippen molar-refractivity contribution in [2.24, 2.45) is 0 Å². The topological polar surface area (TPSA) is 106 Å². The number of thiophene rings is 1. The number of methoxy groups -OCH3 is 1. The Morgan fingerprint density at radius 2 is 2.05 bits per heavy atom. The van der Waals surface area contributed by atoms with Gasteiger partial charge in [0.05, 0.1) is 42.2 Å². The zero-order valence-electron chi connectivity index (χ0n) is 23.9. The average molecular weight is 613 g/mol. The summed E-state index contributed by atoms with van der Waals surface area (Å²) in [5.74, 6) is -1.80. The van der Waals surface area contributed by atoms with Crippen molar-refractivity contribution in [2.45, 2.75) is 26.1 Å². The number of carbonyl (C=O) groups excluding carboxylic acids is 1. The third-order valence-electron chi connectivity index (χ3n) is 7.43. The van der Waals surface area contributed by atoms with Crippen LogP contribution in [0.2, 0.25) is 0 Å². The Morgan fingerprint density at radius 3 is 2.82 bits per heavy atom. The Balaban J connectivity index is 1.63. The van der Waals surface area contributed by atoms with Crippen LogP contribution in [-0.4, -0.2) is 56.9 Å². The first kappa shape index (κ1) is 29.1. The van der Waals surface area contributed by atoms with Crippen LogP contribution < -0.4 is 4.74 Å². The summed E-state index contributed by atoms with van der Waals surface area (Å²) in [6.45, 7) is 6.56. The fraction of sp³-hybridized carbons (Fsp3) is 0.219. The summed E-state index contributed by atoms with van der Waals surface area (Å²) in [4.78, 5) is 23.5. The van der Waals surface area contributed by atoms with E-state index in [2.05, 4.69) is 17.6 Å². The van der Waals surface area contributed by atoms with Gasteiger partial charge in [-0.05, 0) is 36.6 Å². The SMILES string of the molecule is C=CC(=O)N1Cc2cc(-c3nc(-c4cncc(C#N)c4)c4ccsc4c3-c3c(F)cc(F)cc3OCCOC)nn2C[C@H]1C. The Hall–Kier alpha value is -4.99. The monoisotopic (exact) mass is 612 g/mol. The molecule has 5 heterocycles. The van der Waals surface area contributed by atoms with Gasteiger partial charge in [0.15, 0.2) is 0 Å². The van der Waals surface area contributed by atoms with Gasteiger partial charge in [0.25, 0.3) is 0 Å². The van der Waals surface area contributed by atoms with E-state index in [4.69, 9.17) is 19.6 Å². The Bertz CT molecular complexity index is 1960. The van der Waals surface area contributed by atoms with Crippen LogP contribution in [0, 0.1) is 23.0 Å². The number of benzene rings is 1. The highest BCUT2D eigenvalue weighted by Gasteiger charge is 2.30. The van der Waals surface area contributed by atoms with E-state index < -0.39 is 11.6 Å². The number of aromatic nitrogens is 4. The molecule has 222 valence electrons. The molecular formula is C32H26F2N6O3S. The summed E-state index contributed by atoms with van der Waals surface area (Å²) >= 11 is 1.36. The zero-order chi connectivity index (χ0) is 31.0. The van der Waals surface area contributed by atoms with E-state index >= 15 is 4.39 Å². The summed E-state index contributed by atoms with van der Waals surface area (Å²) in [5, 5.41) is 16.9. The number of pyridine rings is 2. The highest BCUT2D eigenvalue weighted by molar-refractivity contribution is 7.18. The van der Waals surface area contributed by atoms with Crippen molar-refractivity contribution in [3.8, 4) is 45.6 Å². The summed E-state index contributed by atoms with van der Waals surface area (Å²) in [5.41, 5.74) is 3.42. The first-order chi connectivity index (χ1) is 21.3. The highest BCUT2D eigenvalue weighted by Crippen LogP contribution is 2.47. The van der Waals surface area contributed by atoms with Gasteiger partial charge in [-0.1, -0.05) is 6.58 Å². The van der Waals surface area contributed by atoms with Crippen molar-refractivity contribution in [3.63, 3.8) is 0 Å². The number of ether oxygens (including phenoxy) is 2. The van der Waals surface area contributed by atoms with Crippen LogP contribution in [0.1, 0.15) is 18.2 Å². The number of nitriles is 1. The number of fused-ring (bicyclic) bond motifs is 2. The van der Waals surface area contributed by atoms with Gasteiger partial charge < -0.3 is 14.4 Å². The second-order valence-corrected chi connectivity index (χ2v) is 11.2. The molecule has 1 aromatic carbocycles. The molecule has 1 atom stereocenters. The smallest absolute Gasteiger partial charge is 0.246 e. The van der Waals surface area contributed by atoms with E-state index in [0.29, 0.717) is 56.9 Å². The van der Waals surface area contributed by atoms with Crippen LogP contribution >= 0.6 is 11.3 Å². The molecule has 6 rings (SSSR count). The first-order valence-electron chi connectivity index (χ1n) is 13.7. The van der Waals surface area contributed by atoms with Crippen molar-refractivity contribution in [1.82, 2.24) is 24.6 Å². The Morgan fingerprint density at radius 1 is 1.20 bits per heavy atom. The summed E-state index contributed by atoms with van der Waals surface area (Å²) < 4.78 is 43.9. The normalized spacial score (nSPS) is 14.3. The fourth-order valence-electron chi connectivity index (χ4n) is 5.38. The van der Waals surface area contributed by atoms with Gasteiger partial charge in [0.2, 0.25) is 5.91 Å². The van der Waals surface area contributed by atoms with Crippen molar-refractivity contribution in [1.29, 1.82) is 5.26 Å². The number of nitrogens with zero attached hydrogens (tertiary/aromatic N) is 6. The van der Waals surface area contributed by atoms with Crippen molar-refractivity contribution in [2.75, 3.05) is 20.3 Å². The van der Waals surface area contributed by atoms with E-state index in [-0.39, 0.29) is 36.5 Å². The lowest BCUT2D eigenvalue weighted by Crippen LogP contribution is -2.44. The van der Waals surface area contributed by atoms with Crippen molar-refractivity contribution >= 4 is 27.3 Å². The number of hydrogen-bond acceptors (Lipinski definition) is 8. The highest BCUT2D eigenvalue weighted by atomic mass is 32.1. The Labute approximate surface area is 255 Å². The van der Waals surface area contributed by atoms with Crippen molar-refractivity contribution in [3.05, 3.63) is 83.7 Å². The molecule has 0 aliphatic carbocycles. The van der Waals surface area contributed by atoms with E-state index in [1.165, 1.54) is 30.7 Å². The average Bonchev–Trinajstić information content (AvgIpc) is 3.67. The minimum atomic E-state index is -0.823. The standard InChI is InChI=1S/C32H26F2N6O3S/c1-4-27(41)39-17-22-12-25(38-40(22)16-18(39)2)31-29(28-24(34)10-21(33)11-26(28)43-7-6-42-3)32-23(5-8-44-32)30(37-31)20-9-19(13-35)14-36-15-20/h4-5,8-12,14-15,18H,1,6-7,16-17H2,2-3H3/t18-/m1/s1. The van der Waals surface area contributed by atoms with Crippen LogP contribution in [0.5, 0.6) is 5.75 Å². The number of halogens is 2. The zero-order valence-corrected chi connectivity index (χ0v) is 24.7. The minimum Gasteiger partial charge on any atom is -0.490 e. The molecule has 44 heavy (non-hydrogen) atoms. The van der Waals surface area contributed by atoms with E-state index in [9.17, 15) is 14.4 Å². The van der Waals surface area contributed by atoms with E-state index in [1.54, 1.807) is 17.2 Å². The molecule has 0 saturated carbocycles. The first-order valence-corrected chi connectivity index (χ1v) is 14.6. The number of carbonyl (C=O) groups is 1. The number of rotatable bonds is 8. The van der Waals surface area contributed by atoms with Crippen LogP contribution in [0.25, 0.3) is 43.9 Å². The summed E-state index contributed by atoms with van der Waals surface area (Å²) in [7, 11) is 1.51. The van der Waals surface area contributed by atoms with Crippen LogP contribution in [-0.2, 0) is 22.6 Å². The number of amides is 1. The molecule has 0 radical (unpaired) electrons. The molecule has 0 N–H and O–H groups in total. The van der Waals surface area contributed by atoms with Gasteiger partial charge in [-0.15, -0.1) is 11.3 Å². The van der Waals surface area contributed by atoms with Crippen LogP contribution in [0.15, 0.2) is 60.8 Å². The summed E-state index contributed by atoms with van der Waals surface area (Å²) in [6.07, 6.45) is 4.36. The molecule has 1 amide bonds. The van der Waals surface area contributed by atoms with Gasteiger partial charge in [-0.2, -0.15) is 10.4 Å². The fourth-order valence-corrected chi connectivity index (χ4v) is 6.33. The predicted octanol–water partition coefficient (Wildman–Crippen LogP) is 5.98. The van der Waals surface area contributed by atoms with Crippen molar-refractivity contribution < 1.29 is 23.0 Å². The number of hydrogen-bond donors (Lipinski definition) is 0. The maximum absolute atomic E-state index is 15.9. The molecule has 12 heteroatoms. The van der Waals surface area contributed by atoms with Crippen LogP contribution in [0.3, 0.4) is 0 Å². The van der Waals surface area contributed by atoms with E-state index in [1.807, 2.05) is 29.1 Å². The molecule has 0 bridgehead atoms. The third-order valence-corrected chi connectivity index (χ3v) is 8.36. The van der Waals surface area contributed by atoms with Gasteiger partial charge in [-0.3, -0.25) is 14.5 Å². The summed E-state index contributed by atoms with van der Waals surface area (Å²) in [6, 6.07) is 9.29. The van der Waals surface area contributed by atoms with Crippen LogP contribution in [0.4, 0.5) is 8.78 Å². The predicted molar refractivity (Wildman–Crippen MR) is 162 cm³/mol. The molecule has 0 unspecified atom stereocenters. The van der Waals surface area contributed by atoms with Gasteiger partial charge in [0, 0.05) is 58.9 Å². The van der Waals surface area contributed by atoms with Gasteiger partial charge >= 0.3 is 0 Å². The largest absolute Gasteiger partial charge is 0.490 e. The minimum absolute atomic E-state index is 0.00135. The molecule has 0 spiro atoms. The van der Waals surface area contributed by atoms with E-state index in [0.717, 1.165) is 17.8 Å².